The normalized spacial score (nSPS) is 10.3. The van der Waals surface area contributed by atoms with Gasteiger partial charge in [0.05, 0.1) is 26.4 Å². The van der Waals surface area contributed by atoms with E-state index in [0.717, 1.165) is 10.0 Å². The van der Waals surface area contributed by atoms with Crippen molar-refractivity contribution in [2.75, 3.05) is 31.7 Å². The average molecular weight is 479 g/mol. The molecule has 0 radical (unpaired) electrons. The van der Waals surface area contributed by atoms with Crippen molar-refractivity contribution < 1.29 is 23.8 Å². The molecule has 2 N–H and O–H groups in total. The number of carbonyl (C=O) groups is 2. The van der Waals surface area contributed by atoms with Gasteiger partial charge in [0.15, 0.2) is 11.5 Å². The van der Waals surface area contributed by atoms with Gasteiger partial charge >= 0.3 is 0 Å². The molecule has 2 aromatic rings. The Morgan fingerprint density at radius 3 is 2.07 bits per heavy atom. The molecule has 162 valence electrons. The molecule has 2 aromatic carbocycles. The fraction of sp³-hybridized carbons (Fsp3) is 0.364. The Labute approximate surface area is 185 Å². The van der Waals surface area contributed by atoms with Crippen LogP contribution in [-0.2, 0) is 4.79 Å². The molecule has 0 bridgehead atoms. The molecule has 30 heavy (non-hydrogen) atoms. The highest BCUT2D eigenvalue weighted by molar-refractivity contribution is 9.10. The van der Waals surface area contributed by atoms with E-state index < -0.39 is 5.91 Å². The van der Waals surface area contributed by atoms with Gasteiger partial charge in [-0.05, 0) is 63.6 Å². The van der Waals surface area contributed by atoms with Crippen molar-refractivity contribution in [3.8, 4) is 17.2 Å². The largest absolute Gasteiger partial charge is 0.490 e. The lowest BCUT2D eigenvalue weighted by Crippen LogP contribution is -2.32. The third kappa shape index (κ3) is 6.38. The van der Waals surface area contributed by atoms with Gasteiger partial charge in [0, 0.05) is 15.7 Å². The zero-order valence-corrected chi connectivity index (χ0v) is 19.2. The van der Waals surface area contributed by atoms with Gasteiger partial charge < -0.3 is 24.8 Å². The van der Waals surface area contributed by atoms with Gasteiger partial charge in [-0.15, -0.1) is 0 Å². The maximum Gasteiger partial charge on any atom is 0.251 e. The van der Waals surface area contributed by atoms with Crippen LogP contribution in [0.25, 0.3) is 0 Å². The maximum absolute atomic E-state index is 12.6. The standard InChI is InChI=1S/C22H27BrN2O5/c1-5-28-18-11-15(12-19(29-6-2)21(18)30-7-3)22(27)24-13-20(26)25-16-8-9-17(23)14(4)10-16/h8-12H,5-7,13H2,1-4H3,(H,24,27)(H,25,26). The Morgan fingerprint density at radius 2 is 1.53 bits per heavy atom. The molecule has 0 fully saturated rings. The van der Waals surface area contributed by atoms with E-state index in [2.05, 4.69) is 26.6 Å². The number of aryl methyl sites for hydroxylation is 1. The monoisotopic (exact) mass is 478 g/mol. The van der Waals surface area contributed by atoms with Crippen molar-refractivity contribution in [2.24, 2.45) is 0 Å². The third-order valence-corrected chi connectivity index (χ3v) is 4.91. The van der Waals surface area contributed by atoms with Gasteiger partial charge in [-0.3, -0.25) is 9.59 Å². The second kappa shape index (κ2) is 11.4. The molecule has 0 aliphatic rings. The van der Waals surface area contributed by atoms with E-state index in [9.17, 15) is 9.59 Å². The number of halogens is 1. The van der Waals surface area contributed by atoms with Crippen LogP contribution in [0.5, 0.6) is 17.2 Å². The van der Waals surface area contributed by atoms with Crippen molar-refractivity contribution >= 4 is 33.4 Å². The SMILES string of the molecule is CCOc1cc(C(=O)NCC(=O)Nc2ccc(Br)c(C)c2)cc(OCC)c1OCC. The number of ether oxygens (including phenoxy) is 3. The van der Waals surface area contributed by atoms with Crippen LogP contribution < -0.4 is 24.8 Å². The van der Waals surface area contributed by atoms with Gasteiger partial charge in [-0.1, -0.05) is 15.9 Å². The van der Waals surface area contributed by atoms with Crippen LogP contribution in [0, 0.1) is 6.92 Å². The summed E-state index contributed by atoms with van der Waals surface area (Å²) >= 11 is 3.42. The van der Waals surface area contributed by atoms with Crippen LogP contribution in [0.15, 0.2) is 34.8 Å². The Bertz CT molecular complexity index is 874. The Morgan fingerprint density at radius 1 is 0.933 bits per heavy atom. The molecular formula is C22H27BrN2O5. The average Bonchev–Trinajstić information content (AvgIpc) is 2.71. The molecule has 0 aromatic heterocycles. The van der Waals surface area contributed by atoms with Crippen LogP contribution in [0.2, 0.25) is 0 Å². The Balaban J connectivity index is 2.11. The summed E-state index contributed by atoms with van der Waals surface area (Å²) < 4.78 is 17.8. The summed E-state index contributed by atoms with van der Waals surface area (Å²) in [5.74, 6) is 0.560. The lowest BCUT2D eigenvalue weighted by atomic mass is 10.1. The van der Waals surface area contributed by atoms with Gasteiger partial charge in [-0.25, -0.2) is 0 Å². The second-order valence-electron chi connectivity index (χ2n) is 6.30. The van der Waals surface area contributed by atoms with Crippen molar-refractivity contribution in [1.82, 2.24) is 5.32 Å². The minimum Gasteiger partial charge on any atom is -0.490 e. The number of amides is 2. The van der Waals surface area contributed by atoms with Gasteiger partial charge in [0.1, 0.15) is 0 Å². The second-order valence-corrected chi connectivity index (χ2v) is 7.15. The molecule has 0 atom stereocenters. The number of benzene rings is 2. The summed E-state index contributed by atoms with van der Waals surface area (Å²) in [6, 6.07) is 8.66. The molecule has 0 spiro atoms. The maximum atomic E-state index is 12.6. The van der Waals surface area contributed by atoms with Crippen LogP contribution in [0.1, 0.15) is 36.7 Å². The van der Waals surface area contributed by atoms with Gasteiger partial charge in [-0.2, -0.15) is 0 Å². The summed E-state index contributed by atoms with van der Waals surface area (Å²) in [5.41, 5.74) is 1.98. The smallest absolute Gasteiger partial charge is 0.251 e. The number of hydrogen-bond donors (Lipinski definition) is 2. The molecule has 2 rings (SSSR count). The minimum absolute atomic E-state index is 0.172. The molecule has 0 aliphatic heterocycles. The first-order chi connectivity index (χ1) is 14.4. The molecule has 0 heterocycles. The van der Waals surface area contributed by atoms with E-state index in [4.69, 9.17) is 14.2 Å². The molecule has 0 saturated heterocycles. The van der Waals surface area contributed by atoms with Crippen molar-refractivity contribution in [2.45, 2.75) is 27.7 Å². The highest BCUT2D eigenvalue weighted by atomic mass is 79.9. The zero-order chi connectivity index (χ0) is 22.1. The van der Waals surface area contributed by atoms with Crippen LogP contribution in [0.3, 0.4) is 0 Å². The van der Waals surface area contributed by atoms with E-state index in [1.807, 2.05) is 39.8 Å². The molecule has 8 heteroatoms. The highest BCUT2D eigenvalue weighted by Crippen LogP contribution is 2.39. The lowest BCUT2D eigenvalue weighted by Gasteiger charge is -2.17. The van der Waals surface area contributed by atoms with Crippen molar-refractivity contribution in [3.63, 3.8) is 0 Å². The van der Waals surface area contributed by atoms with Gasteiger partial charge in [0.2, 0.25) is 11.7 Å². The highest BCUT2D eigenvalue weighted by Gasteiger charge is 2.18. The van der Waals surface area contributed by atoms with Crippen molar-refractivity contribution in [1.29, 1.82) is 0 Å². The summed E-state index contributed by atoms with van der Waals surface area (Å²) in [5, 5.41) is 5.39. The van der Waals surface area contributed by atoms with E-state index in [1.54, 1.807) is 18.2 Å². The summed E-state index contributed by atoms with van der Waals surface area (Å²) in [4.78, 5) is 24.8. The number of nitrogens with one attached hydrogen (secondary N) is 2. The molecule has 0 unspecified atom stereocenters. The first kappa shape index (κ1) is 23.5. The molecular weight excluding hydrogens is 452 g/mol. The number of hydrogen-bond acceptors (Lipinski definition) is 5. The topological polar surface area (TPSA) is 85.9 Å². The number of carbonyl (C=O) groups excluding carboxylic acids is 2. The summed E-state index contributed by atoms with van der Waals surface area (Å²) in [7, 11) is 0. The molecule has 2 amide bonds. The van der Waals surface area contributed by atoms with Crippen LogP contribution >= 0.6 is 15.9 Å². The van der Waals surface area contributed by atoms with Crippen molar-refractivity contribution in [3.05, 3.63) is 45.9 Å². The molecule has 0 aliphatic carbocycles. The fourth-order valence-corrected chi connectivity index (χ4v) is 2.96. The van der Waals surface area contributed by atoms with E-state index in [0.29, 0.717) is 48.3 Å². The summed E-state index contributed by atoms with van der Waals surface area (Å²) in [6.07, 6.45) is 0. The minimum atomic E-state index is -0.415. The molecule has 0 saturated carbocycles. The predicted molar refractivity (Wildman–Crippen MR) is 120 cm³/mol. The van der Waals surface area contributed by atoms with E-state index in [-0.39, 0.29) is 12.5 Å². The molecule has 7 nitrogen and oxygen atoms in total. The third-order valence-electron chi connectivity index (χ3n) is 4.02. The number of anilines is 1. The van der Waals surface area contributed by atoms with E-state index in [1.165, 1.54) is 0 Å². The number of rotatable bonds is 10. The lowest BCUT2D eigenvalue weighted by molar-refractivity contribution is -0.115. The zero-order valence-electron chi connectivity index (χ0n) is 17.6. The van der Waals surface area contributed by atoms with Gasteiger partial charge in [0.25, 0.3) is 5.91 Å². The van der Waals surface area contributed by atoms with Crippen LogP contribution in [-0.4, -0.2) is 38.2 Å². The first-order valence-electron chi connectivity index (χ1n) is 9.80. The Kier molecular flexibility index (Phi) is 8.98. The predicted octanol–water partition coefficient (Wildman–Crippen LogP) is 4.32. The van der Waals surface area contributed by atoms with Crippen LogP contribution in [0.4, 0.5) is 5.69 Å². The summed E-state index contributed by atoms with van der Waals surface area (Å²) in [6.45, 7) is 8.55. The first-order valence-corrected chi connectivity index (χ1v) is 10.6. The quantitative estimate of drug-likeness (QED) is 0.530. The fourth-order valence-electron chi connectivity index (χ4n) is 2.71. The van der Waals surface area contributed by atoms with E-state index >= 15 is 0 Å². The Hall–Kier alpha value is -2.74.